The molecule has 0 fully saturated rings. The minimum absolute atomic E-state index is 0.426. The minimum Gasteiger partial charge on any atom is -0.402 e. The maximum atomic E-state index is 5.84. The second kappa shape index (κ2) is 3.99. The molecule has 13 heavy (non-hydrogen) atoms. The van der Waals surface area contributed by atoms with Crippen molar-refractivity contribution in [3.63, 3.8) is 0 Å². The van der Waals surface area contributed by atoms with Gasteiger partial charge in [-0.25, -0.2) is 0 Å². The highest BCUT2D eigenvalue weighted by Crippen LogP contribution is 2.39. The van der Waals surface area contributed by atoms with Gasteiger partial charge in [0.2, 0.25) is 0 Å². The fourth-order valence-corrected chi connectivity index (χ4v) is 1.96. The average Bonchev–Trinajstić information content (AvgIpc) is 2.17. The fourth-order valence-electron chi connectivity index (χ4n) is 1.96. The molecule has 0 aromatic heterocycles. The van der Waals surface area contributed by atoms with Crippen LogP contribution in [0, 0.1) is 11.3 Å². The summed E-state index contributed by atoms with van der Waals surface area (Å²) >= 11 is 0. The van der Waals surface area contributed by atoms with Gasteiger partial charge in [0.1, 0.15) is 0 Å². The number of rotatable bonds is 3. The molecule has 1 atom stereocenters. The van der Waals surface area contributed by atoms with Crippen molar-refractivity contribution in [1.82, 2.24) is 0 Å². The van der Waals surface area contributed by atoms with Crippen LogP contribution in [0.15, 0.2) is 23.9 Å². The molecule has 1 aliphatic carbocycles. The van der Waals surface area contributed by atoms with Gasteiger partial charge in [0.05, 0.1) is 0 Å². The molecule has 0 spiro atoms. The van der Waals surface area contributed by atoms with E-state index in [1.807, 2.05) is 6.08 Å². The molecule has 1 nitrogen and oxygen atoms in total. The van der Waals surface area contributed by atoms with Crippen molar-refractivity contribution >= 4 is 0 Å². The lowest BCUT2D eigenvalue weighted by atomic mass is 9.70. The maximum Gasteiger partial charge on any atom is 0.00864 e. The third-order valence-corrected chi connectivity index (χ3v) is 3.62. The zero-order valence-electron chi connectivity index (χ0n) is 9.01. The Labute approximate surface area is 81.7 Å². The first-order valence-corrected chi connectivity index (χ1v) is 5.25. The summed E-state index contributed by atoms with van der Waals surface area (Å²) in [6.45, 7) is 6.90. The normalized spacial score (nSPS) is 23.0. The SMILES string of the molecule is CCC(C)(CC)C1C=CC=C(N)C1. The molecule has 1 unspecified atom stereocenters. The first kappa shape index (κ1) is 10.4. The lowest BCUT2D eigenvalue weighted by Crippen LogP contribution is -2.27. The van der Waals surface area contributed by atoms with Crippen molar-refractivity contribution in [2.24, 2.45) is 17.1 Å². The Bertz CT molecular complexity index is 221. The van der Waals surface area contributed by atoms with E-state index in [0.717, 1.165) is 12.1 Å². The summed E-state index contributed by atoms with van der Waals surface area (Å²) < 4.78 is 0. The van der Waals surface area contributed by atoms with Gasteiger partial charge < -0.3 is 5.73 Å². The van der Waals surface area contributed by atoms with Crippen molar-refractivity contribution in [3.05, 3.63) is 23.9 Å². The number of hydrogen-bond donors (Lipinski definition) is 1. The van der Waals surface area contributed by atoms with Crippen molar-refractivity contribution < 1.29 is 0 Å². The topological polar surface area (TPSA) is 26.0 Å². The van der Waals surface area contributed by atoms with Gasteiger partial charge in [0, 0.05) is 5.70 Å². The van der Waals surface area contributed by atoms with E-state index in [9.17, 15) is 0 Å². The molecule has 0 saturated heterocycles. The van der Waals surface area contributed by atoms with Crippen LogP contribution in [-0.2, 0) is 0 Å². The van der Waals surface area contributed by atoms with Gasteiger partial charge in [0.15, 0.2) is 0 Å². The van der Waals surface area contributed by atoms with Gasteiger partial charge in [-0.15, -0.1) is 0 Å². The Morgan fingerprint density at radius 1 is 1.46 bits per heavy atom. The van der Waals surface area contributed by atoms with Crippen LogP contribution in [-0.4, -0.2) is 0 Å². The molecule has 0 saturated carbocycles. The highest BCUT2D eigenvalue weighted by atomic mass is 14.6. The molecular formula is C12H21N. The van der Waals surface area contributed by atoms with E-state index < -0.39 is 0 Å². The molecule has 2 N–H and O–H groups in total. The van der Waals surface area contributed by atoms with E-state index in [-0.39, 0.29) is 0 Å². The second-order valence-corrected chi connectivity index (χ2v) is 4.30. The van der Waals surface area contributed by atoms with Crippen LogP contribution in [0.4, 0.5) is 0 Å². The van der Waals surface area contributed by atoms with Crippen molar-refractivity contribution in [2.45, 2.75) is 40.0 Å². The summed E-state index contributed by atoms with van der Waals surface area (Å²) in [5.41, 5.74) is 7.30. The second-order valence-electron chi connectivity index (χ2n) is 4.30. The Morgan fingerprint density at radius 2 is 2.08 bits per heavy atom. The van der Waals surface area contributed by atoms with Crippen LogP contribution in [0.2, 0.25) is 0 Å². The van der Waals surface area contributed by atoms with Gasteiger partial charge >= 0.3 is 0 Å². The molecule has 0 aromatic carbocycles. The standard InChI is InChI=1S/C12H21N/c1-4-12(3,5-2)10-7-6-8-11(13)9-10/h6-8,10H,4-5,9,13H2,1-3H3. The quantitative estimate of drug-likeness (QED) is 0.707. The van der Waals surface area contributed by atoms with Gasteiger partial charge in [-0.05, 0) is 23.8 Å². The molecule has 0 bridgehead atoms. The van der Waals surface area contributed by atoms with E-state index >= 15 is 0 Å². The molecule has 1 rings (SSSR count). The highest BCUT2D eigenvalue weighted by Gasteiger charge is 2.29. The summed E-state index contributed by atoms with van der Waals surface area (Å²) in [5.74, 6) is 0.632. The van der Waals surface area contributed by atoms with E-state index in [0.29, 0.717) is 11.3 Å². The smallest absolute Gasteiger partial charge is 0.00864 e. The van der Waals surface area contributed by atoms with E-state index in [1.165, 1.54) is 12.8 Å². The molecule has 0 radical (unpaired) electrons. The summed E-state index contributed by atoms with van der Waals surface area (Å²) in [5, 5.41) is 0. The van der Waals surface area contributed by atoms with Crippen molar-refractivity contribution in [1.29, 1.82) is 0 Å². The lowest BCUT2D eigenvalue weighted by Gasteiger charge is -2.35. The van der Waals surface area contributed by atoms with Crippen LogP contribution in [0.1, 0.15) is 40.0 Å². The molecule has 0 aliphatic heterocycles. The molecule has 1 aliphatic rings. The lowest BCUT2D eigenvalue weighted by molar-refractivity contribution is 0.205. The largest absolute Gasteiger partial charge is 0.402 e. The molecule has 0 amide bonds. The van der Waals surface area contributed by atoms with Gasteiger partial charge in [-0.2, -0.15) is 0 Å². The maximum absolute atomic E-state index is 5.84. The van der Waals surface area contributed by atoms with E-state index in [1.54, 1.807) is 0 Å². The predicted octanol–water partition coefficient (Wildman–Crippen LogP) is 3.23. The molecule has 74 valence electrons. The molecule has 0 heterocycles. The molecule has 0 aromatic rings. The van der Waals surface area contributed by atoms with Crippen molar-refractivity contribution in [2.75, 3.05) is 0 Å². The molecule has 1 heteroatoms. The predicted molar refractivity (Wildman–Crippen MR) is 58.2 cm³/mol. The Balaban J connectivity index is 2.73. The first-order valence-electron chi connectivity index (χ1n) is 5.25. The summed E-state index contributed by atoms with van der Waals surface area (Å²) in [4.78, 5) is 0. The third-order valence-electron chi connectivity index (χ3n) is 3.62. The van der Waals surface area contributed by atoms with Crippen LogP contribution in [0.3, 0.4) is 0 Å². The number of nitrogens with two attached hydrogens (primary N) is 1. The number of allylic oxidation sites excluding steroid dienone is 4. The third kappa shape index (κ3) is 2.15. The van der Waals surface area contributed by atoms with Crippen LogP contribution in [0.25, 0.3) is 0 Å². The Morgan fingerprint density at radius 3 is 2.54 bits per heavy atom. The van der Waals surface area contributed by atoms with Crippen LogP contribution in [0.5, 0.6) is 0 Å². The van der Waals surface area contributed by atoms with Gasteiger partial charge in [-0.1, -0.05) is 45.8 Å². The average molecular weight is 179 g/mol. The van der Waals surface area contributed by atoms with E-state index in [4.69, 9.17) is 5.73 Å². The summed E-state index contributed by atoms with van der Waals surface area (Å²) in [6, 6.07) is 0. The Kier molecular flexibility index (Phi) is 3.18. The molecular weight excluding hydrogens is 158 g/mol. The monoisotopic (exact) mass is 179 g/mol. The number of hydrogen-bond acceptors (Lipinski definition) is 1. The fraction of sp³-hybridized carbons (Fsp3) is 0.667. The zero-order valence-corrected chi connectivity index (χ0v) is 9.01. The Hall–Kier alpha value is -0.720. The van der Waals surface area contributed by atoms with E-state index in [2.05, 4.69) is 32.9 Å². The summed E-state index contributed by atoms with van der Waals surface area (Å²) in [6.07, 6.45) is 9.92. The van der Waals surface area contributed by atoms with Crippen LogP contribution < -0.4 is 5.73 Å². The van der Waals surface area contributed by atoms with Gasteiger partial charge in [0.25, 0.3) is 0 Å². The zero-order chi connectivity index (χ0) is 9.90. The van der Waals surface area contributed by atoms with Crippen LogP contribution >= 0.6 is 0 Å². The first-order chi connectivity index (χ1) is 6.12. The highest BCUT2D eigenvalue weighted by molar-refractivity contribution is 5.19. The van der Waals surface area contributed by atoms with Gasteiger partial charge in [-0.3, -0.25) is 0 Å². The minimum atomic E-state index is 0.426. The summed E-state index contributed by atoms with van der Waals surface area (Å²) in [7, 11) is 0. The van der Waals surface area contributed by atoms with Crippen molar-refractivity contribution in [3.8, 4) is 0 Å².